The molecule has 6 nitrogen and oxygen atoms in total. The number of hydrogen-bond donors (Lipinski definition) is 2. The van der Waals surface area contributed by atoms with Gasteiger partial charge in [0.15, 0.2) is 0 Å². The van der Waals surface area contributed by atoms with E-state index in [1.807, 2.05) is 25.1 Å². The van der Waals surface area contributed by atoms with E-state index in [2.05, 4.69) is 10.6 Å². The molecule has 1 unspecified atom stereocenters. The largest absolute Gasteiger partial charge is 0.466 e. The van der Waals surface area contributed by atoms with Crippen LogP contribution in [0.5, 0.6) is 0 Å². The Morgan fingerprint density at radius 2 is 2.04 bits per heavy atom. The number of rotatable bonds is 4. The first-order valence-electron chi connectivity index (χ1n) is 7.45. The van der Waals surface area contributed by atoms with Gasteiger partial charge in [0.2, 0.25) is 11.8 Å². The highest BCUT2D eigenvalue weighted by Gasteiger charge is 2.36. The summed E-state index contributed by atoms with van der Waals surface area (Å²) in [5, 5.41) is 5.40. The van der Waals surface area contributed by atoms with Crippen LogP contribution in [-0.2, 0) is 25.5 Å². The van der Waals surface area contributed by atoms with Crippen LogP contribution in [0, 0.1) is 5.92 Å². The van der Waals surface area contributed by atoms with E-state index in [1.54, 1.807) is 13.0 Å². The first-order chi connectivity index (χ1) is 11.0. The zero-order valence-electron chi connectivity index (χ0n) is 13.4. The smallest absolute Gasteiger partial charge is 0.336 e. The normalized spacial score (nSPS) is 17.5. The maximum absolute atomic E-state index is 12.6. The third-order valence-corrected chi connectivity index (χ3v) is 3.85. The van der Waals surface area contributed by atoms with E-state index in [1.165, 1.54) is 7.11 Å². The molecule has 0 fully saturated rings. The van der Waals surface area contributed by atoms with Gasteiger partial charge in [0, 0.05) is 17.8 Å². The number of aryl methyl sites for hydroxylation is 1. The average molecular weight is 316 g/mol. The fourth-order valence-electron chi connectivity index (χ4n) is 2.68. The summed E-state index contributed by atoms with van der Waals surface area (Å²) in [5.41, 5.74) is 2.23. The van der Waals surface area contributed by atoms with Crippen molar-refractivity contribution in [1.29, 1.82) is 0 Å². The molecule has 0 bridgehead atoms. The number of amides is 2. The SMILES string of the molecule is CCc1ccccc1NC(=O)C1CC(=O)NC(C)=C1C(=O)OC. The molecule has 2 amide bonds. The summed E-state index contributed by atoms with van der Waals surface area (Å²) in [4.78, 5) is 36.3. The second kappa shape index (κ2) is 7.09. The van der Waals surface area contributed by atoms with Crippen molar-refractivity contribution in [2.75, 3.05) is 12.4 Å². The van der Waals surface area contributed by atoms with E-state index in [9.17, 15) is 14.4 Å². The molecule has 2 rings (SSSR count). The van der Waals surface area contributed by atoms with E-state index >= 15 is 0 Å². The van der Waals surface area contributed by atoms with Crippen LogP contribution in [-0.4, -0.2) is 24.9 Å². The van der Waals surface area contributed by atoms with Crippen LogP contribution in [0.25, 0.3) is 0 Å². The molecule has 2 N–H and O–H groups in total. The predicted octanol–water partition coefficient (Wildman–Crippen LogP) is 1.77. The first-order valence-corrected chi connectivity index (χ1v) is 7.45. The Morgan fingerprint density at radius 3 is 2.70 bits per heavy atom. The van der Waals surface area contributed by atoms with Crippen molar-refractivity contribution in [2.45, 2.75) is 26.7 Å². The minimum Gasteiger partial charge on any atom is -0.466 e. The highest BCUT2D eigenvalue weighted by molar-refractivity contribution is 6.06. The molecule has 0 saturated carbocycles. The monoisotopic (exact) mass is 316 g/mol. The van der Waals surface area contributed by atoms with Crippen molar-refractivity contribution < 1.29 is 19.1 Å². The van der Waals surface area contributed by atoms with Crippen molar-refractivity contribution in [3.8, 4) is 0 Å². The quantitative estimate of drug-likeness (QED) is 0.829. The Bertz CT molecular complexity index is 679. The lowest BCUT2D eigenvalue weighted by atomic mass is 9.89. The number of esters is 1. The van der Waals surface area contributed by atoms with E-state index in [0.29, 0.717) is 11.4 Å². The number of anilines is 1. The summed E-state index contributed by atoms with van der Waals surface area (Å²) in [5.74, 6) is -2.15. The molecule has 0 radical (unpaired) electrons. The van der Waals surface area contributed by atoms with Gasteiger partial charge in [-0.25, -0.2) is 4.79 Å². The topological polar surface area (TPSA) is 84.5 Å². The van der Waals surface area contributed by atoms with Crippen molar-refractivity contribution >= 4 is 23.5 Å². The summed E-state index contributed by atoms with van der Waals surface area (Å²) in [7, 11) is 1.25. The number of carbonyl (C=O) groups is 3. The molecule has 1 heterocycles. The zero-order valence-corrected chi connectivity index (χ0v) is 13.4. The van der Waals surface area contributed by atoms with Gasteiger partial charge in [-0.2, -0.15) is 0 Å². The van der Waals surface area contributed by atoms with Crippen LogP contribution in [0.15, 0.2) is 35.5 Å². The van der Waals surface area contributed by atoms with Crippen LogP contribution >= 0.6 is 0 Å². The van der Waals surface area contributed by atoms with Crippen molar-refractivity contribution in [3.05, 3.63) is 41.1 Å². The minimum atomic E-state index is -0.860. The van der Waals surface area contributed by atoms with Crippen LogP contribution in [0.3, 0.4) is 0 Å². The lowest BCUT2D eigenvalue weighted by molar-refractivity contribution is -0.139. The molecule has 1 atom stereocenters. The molecular weight excluding hydrogens is 296 g/mol. The first kappa shape index (κ1) is 16.7. The average Bonchev–Trinajstić information content (AvgIpc) is 2.54. The fraction of sp³-hybridized carbons (Fsp3) is 0.353. The molecule has 0 spiro atoms. The molecule has 23 heavy (non-hydrogen) atoms. The molecule has 1 aromatic rings. The number of allylic oxidation sites excluding steroid dienone is 1. The number of carbonyl (C=O) groups excluding carboxylic acids is 3. The Kier molecular flexibility index (Phi) is 5.16. The van der Waals surface area contributed by atoms with Crippen LogP contribution in [0.2, 0.25) is 0 Å². The lowest BCUT2D eigenvalue weighted by Gasteiger charge is -2.25. The molecule has 0 aromatic heterocycles. The number of para-hydroxylation sites is 1. The van der Waals surface area contributed by atoms with E-state index in [0.717, 1.165) is 12.0 Å². The van der Waals surface area contributed by atoms with E-state index in [-0.39, 0.29) is 23.8 Å². The molecule has 0 saturated heterocycles. The number of benzene rings is 1. The number of nitrogens with one attached hydrogen (secondary N) is 2. The molecular formula is C17H20N2O4. The van der Waals surface area contributed by atoms with Crippen molar-refractivity contribution in [1.82, 2.24) is 5.32 Å². The van der Waals surface area contributed by atoms with Gasteiger partial charge in [0.1, 0.15) is 0 Å². The summed E-state index contributed by atoms with van der Waals surface area (Å²) in [6.07, 6.45) is 0.683. The molecule has 1 aliphatic rings. The summed E-state index contributed by atoms with van der Waals surface area (Å²) in [6.45, 7) is 3.58. The van der Waals surface area contributed by atoms with Crippen molar-refractivity contribution in [3.63, 3.8) is 0 Å². The van der Waals surface area contributed by atoms with Gasteiger partial charge in [0.25, 0.3) is 0 Å². The van der Waals surface area contributed by atoms with Gasteiger partial charge in [0.05, 0.1) is 18.6 Å². The minimum absolute atomic E-state index is 0.0814. The second-order valence-electron chi connectivity index (χ2n) is 5.34. The predicted molar refractivity (Wildman–Crippen MR) is 85.4 cm³/mol. The molecule has 6 heteroatoms. The Labute approximate surface area is 134 Å². The van der Waals surface area contributed by atoms with Gasteiger partial charge < -0.3 is 15.4 Å². The van der Waals surface area contributed by atoms with Crippen LogP contribution in [0.4, 0.5) is 5.69 Å². The number of ether oxygens (including phenoxy) is 1. The van der Waals surface area contributed by atoms with Gasteiger partial charge >= 0.3 is 5.97 Å². The Hall–Kier alpha value is -2.63. The standard InChI is InChI=1S/C17H20N2O4/c1-4-11-7-5-6-8-13(11)19-16(21)12-9-14(20)18-10(2)15(12)17(22)23-3/h5-8,12H,4,9H2,1-3H3,(H,18,20)(H,19,21). The second-order valence-corrected chi connectivity index (χ2v) is 5.34. The molecule has 1 aliphatic heterocycles. The molecule has 0 aliphatic carbocycles. The van der Waals surface area contributed by atoms with E-state index < -0.39 is 11.9 Å². The molecule has 1 aromatic carbocycles. The number of hydrogen-bond acceptors (Lipinski definition) is 4. The van der Waals surface area contributed by atoms with Crippen LogP contribution in [0.1, 0.15) is 25.8 Å². The van der Waals surface area contributed by atoms with Gasteiger partial charge in [-0.3, -0.25) is 9.59 Å². The fourth-order valence-corrected chi connectivity index (χ4v) is 2.68. The van der Waals surface area contributed by atoms with Crippen LogP contribution < -0.4 is 10.6 Å². The maximum atomic E-state index is 12.6. The van der Waals surface area contributed by atoms with Gasteiger partial charge in [-0.15, -0.1) is 0 Å². The summed E-state index contributed by atoms with van der Waals surface area (Å²) in [6, 6.07) is 7.44. The summed E-state index contributed by atoms with van der Waals surface area (Å²) >= 11 is 0. The zero-order chi connectivity index (χ0) is 17.0. The van der Waals surface area contributed by atoms with E-state index in [4.69, 9.17) is 4.74 Å². The summed E-state index contributed by atoms with van der Waals surface area (Å²) < 4.78 is 4.74. The number of methoxy groups -OCH3 is 1. The lowest BCUT2D eigenvalue weighted by Crippen LogP contribution is -2.40. The highest BCUT2D eigenvalue weighted by atomic mass is 16.5. The Balaban J connectivity index is 2.30. The highest BCUT2D eigenvalue weighted by Crippen LogP contribution is 2.26. The molecule has 122 valence electrons. The third-order valence-electron chi connectivity index (χ3n) is 3.85. The maximum Gasteiger partial charge on any atom is 0.336 e. The van der Waals surface area contributed by atoms with Gasteiger partial charge in [-0.1, -0.05) is 25.1 Å². The van der Waals surface area contributed by atoms with Crippen molar-refractivity contribution in [2.24, 2.45) is 5.92 Å². The third kappa shape index (κ3) is 3.59. The Morgan fingerprint density at radius 1 is 1.35 bits per heavy atom. The van der Waals surface area contributed by atoms with Gasteiger partial charge in [-0.05, 0) is 25.0 Å².